The van der Waals surface area contributed by atoms with E-state index >= 15 is 0 Å². The molecule has 0 heterocycles. The molecule has 3 aromatic carbocycles. The molecule has 0 aliphatic carbocycles. The van der Waals surface area contributed by atoms with E-state index in [0.29, 0.717) is 4.90 Å². The van der Waals surface area contributed by atoms with Gasteiger partial charge in [0.1, 0.15) is 0 Å². The molecular formula is C18H16O2S. The number of hydrogen-bond acceptors (Lipinski definition) is 2. The maximum Gasteiger partial charge on any atom is 0.182 e. The van der Waals surface area contributed by atoms with E-state index in [4.69, 9.17) is 0 Å². The van der Waals surface area contributed by atoms with Gasteiger partial charge < -0.3 is 0 Å². The SMILES string of the molecule is Cc1cccc(CS(=O)(=O)c2ccc3ccccc3c2)c1. The summed E-state index contributed by atoms with van der Waals surface area (Å²) in [5.41, 5.74) is 1.89. The topological polar surface area (TPSA) is 34.1 Å². The molecule has 3 aromatic rings. The number of aryl methyl sites for hydroxylation is 1. The van der Waals surface area contributed by atoms with Crippen molar-refractivity contribution in [3.8, 4) is 0 Å². The molecule has 106 valence electrons. The average molecular weight is 296 g/mol. The van der Waals surface area contributed by atoms with Gasteiger partial charge in [0.2, 0.25) is 0 Å². The van der Waals surface area contributed by atoms with Gasteiger partial charge in [0.25, 0.3) is 0 Å². The predicted octanol–water partition coefficient (Wildman–Crippen LogP) is 4.12. The zero-order chi connectivity index (χ0) is 14.9. The Morgan fingerprint density at radius 1 is 0.810 bits per heavy atom. The van der Waals surface area contributed by atoms with Crippen LogP contribution in [-0.4, -0.2) is 8.42 Å². The molecule has 0 spiro atoms. The molecule has 0 amide bonds. The van der Waals surface area contributed by atoms with Gasteiger partial charge >= 0.3 is 0 Å². The van der Waals surface area contributed by atoms with E-state index in [9.17, 15) is 8.42 Å². The van der Waals surface area contributed by atoms with Gasteiger partial charge in [-0.25, -0.2) is 8.42 Å². The Hall–Kier alpha value is -2.13. The lowest BCUT2D eigenvalue weighted by Crippen LogP contribution is -2.05. The largest absolute Gasteiger partial charge is 0.223 e. The Balaban J connectivity index is 2.00. The first-order valence-corrected chi connectivity index (χ1v) is 8.47. The van der Waals surface area contributed by atoms with Crippen LogP contribution in [0.2, 0.25) is 0 Å². The highest BCUT2D eigenvalue weighted by Crippen LogP contribution is 2.22. The van der Waals surface area contributed by atoms with Gasteiger partial charge in [0, 0.05) is 0 Å². The van der Waals surface area contributed by atoms with E-state index in [-0.39, 0.29) is 5.75 Å². The maximum absolute atomic E-state index is 12.6. The highest BCUT2D eigenvalue weighted by molar-refractivity contribution is 7.90. The second-order valence-corrected chi connectivity index (χ2v) is 7.25. The summed E-state index contributed by atoms with van der Waals surface area (Å²) in [6.45, 7) is 1.96. The third-order valence-electron chi connectivity index (χ3n) is 3.52. The minimum absolute atomic E-state index is 0.0347. The second-order valence-electron chi connectivity index (χ2n) is 5.26. The third-order valence-corrected chi connectivity index (χ3v) is 5.20. The van der Waals surface area contributed by atoms with Crippen LogP contribution in [0.5, 0.6) is 0 Å². The zero-order valence-electron chi connectivity index (χ0n) is 11.8. The number of benzene rings is 3. The molecule has 0 atom stereocenters. The van der Waals surface area contributed by atoms with Crippen LogP contribution >= 0.6 is 0 Å². The number of fused-ring (bicyclic) bond motifs is 1. The van der Waals surface area contributed by atoms with Gasteiger partial charge in [-0.1, -0.05) is 60.2 Å². The van der Waals surface area contributed by atoms with Crippen molar-refractivity contribution >= 4 is 20.6 Å². The highest BCUT2D eigenvalue weighted by Gasteiger charge is 2.15. The van der Waals surface area contributed by atoms with Gasteiger partial charge in [0.05, 0.1) is 10.6 Å². The van der Waals surface area contributed by atoms with E-state index < -0.39 is 9.84 Å². The summed E-state index contributed by atoms with van der Waals surface area (Å²) in [4.78, 5) is 0.378. The Morgan fingerprint density at radius 2 is 1.57 bits per heavy atom. The fourth-order valence-corrected chi connectivity index (χ4v) is 3.83. The summed E-state index contributed by atoms with van der Waals surface area (Å²) in [7, 11) is -3.32. The molecule has 0 bridgehead atoms. The fraction of sp³-hybridized carbons (Fsp3) is 0.111. The van der Waals surface area contributed by atoms with Crippen molar-refractivity contribution < 1.29 is 8.42 Å². The summed E-state index contributed by atoms with van der Waals surface area (Å²) in [5.74, 6) is 0.0347. The summed E-state index contributed by atoms with van der Waals surface area (Å²) in [5, 5.41) is 2.00. The molecule has 0 unspecified atom stereocenters. The lowest BCUT2D eigenvalue weighted by atomic mass is 10.1. The molecule has 0 aliphatic rings. The molecule has 0 saturated heterocycles. The highest BCUT2D eigenvalue weighted by atomic mass is 32.2. The van der Waals surface area contributed by atoms with E-state index in [1.54, 1.807) is 12.1 Å². The van der Waals surface area contributed by atoms with Crippen LogP contribution in [-0.2, 0) is 15.6 Å². The number of hydrogen-bond donors (Lipinski definition) is 0. The first kappa shape index (κ1) is 13.8. The molecule has 3 heteroatoms. The van der Waals surface area contributed by atoms with Crippen molar-refractivity contribution in [3.05, 3.63) is 77.9 Å². The lowest BCUT2D eigenvalue weighted by Gasteiger charge is -2.07. The van der Waals surface area contributed by atoms with E-state index in [2.05, 4.69) is 0 Å². The molecule has 0 N–H and O–H groups in total. The minimum Gasteiger partial charge on any atom is -0.223 e. The van der Waals surface area contributed by atoms with Gasteiger partial charge in [0.15, 0.2) is 9.84 Å². The molecule has 0 radical (unpaired) electrons. The Bertz CT molecular complexity index is 896. The van der Waals surface area contributed by atoms with Crippen LogP contribution in [0.15, 0.2) is 71.6 Å². The summed E-state index contributed by atoms with van der Waals surface area (Å²) >= 11 is 0. The summed E-state index contributed by atoms with van der Waals surface area (Å²) in [6, 6.07) is 20.7. The Kier molecular flexibility index (Phi) is 3.52. The Labute approximate surface area is 125 Å². The number of sulfone groups is 1. The van der Waals surface area contributed by atoms with E-state index in [0.717, 1.165) is 21.9 Å². The van der Waals surface area contributed by atoms with Crippen molar-refractivity contribution in [1.82, 2.24) is 0 Å². The first-order chi connectivity index (χ1) is 10.0. The smallest absolute Gasteiger partial charge is 0.182 e. The maximum atomic E-state index is 12.6. The van der Waals surface area contributed by atoms with Gasteiger partial charge in [-0.05, 0) is 35.4 Å². The molecule has 0 aromatic heterocycles. The molecular weight excluding hydrogens is 280 g/mol. The second kappa shape index (κ2) is 5.34. The van der Waals surface area contributed by atoms with E-state index in [1.165, 1.54) is 0 Å². The Morgan fingerprint density at radius 3 is 2.33 bits per heavy atom. The quantitative estimate of drug-likeness (QED) is 0.728. The molecule has 0 fully saturated rings. The van der Waals surface area contributed by atoms with Crippen molar-refractivity contribution in [2.24, 2.45) is 0 Å². The summed E-state index contributed by atoms with van der Waals surface area (Å²) in [6.07, 6.45) is 0. The van der Waals surface area contributed by atoms with Crippen molar-refractivity contribution in [1.29, 1.82) is 0 Å². The van der Waals surface area contributed by atoms with Crippen molar-refractivity contribution in [3.63, 3.8) is 0 Å². The van der Waals surface area contributed by atoms with Gasteiger partial charge in [-0.2, -0.15) is 0 Å². The molecule has 21 heavy (non-hydrogen) atoms. The monoisotopic (exact) mass is 296 g/mol. The van der Waals surface area contributed by atoms with Crippen molar-refractivity contribution in [2.45, 2.75) is 17.6 Å². The minimum atomic E-state index is -3.32. The molecule has 3 rings (SSSR count). The molecule has 2 nitrogen and oxygen atoms in total. The van der Waals surface area contributed by atoms with Crippen molar-refractivity contribution in [2.75, 3.05) is 0 Å². The van der Waals surface area contributed by atoms with Gasteiger partial charge in [-0.3, -0.25) is 0 Å². The summed E-state index contributed by atoms with van der Waals surface area (Å²) < 4.78 is 25.1. The number of rotatable bonds is 3. The zero-order valence-corrected chi connectivity index (χ0v) is 12.6. The predicted molar refractivity (Wildman–Crippen MR) is 86.0 cm³/mol. The van der Waals surface area contributed by atoms with Crippen LogP contribution in [0, 0.1) is 6.92 Å². The van der Waals surface area contributed by atoms with Crippen LogP contribution in [0.25, 0.3) is 10.8 Å². The fourth-order valence-electron chi connectivity index (χ4n) is 2.47. The average Bonchev–Trinajstić information content (AvgIpc) is 2.46. The van der Waals surface area contributed by atoms with Crippen LogP contribution in [0.1, 0.15) is 11.1 Å². The standard InChI is InChI=1S/C18H16O2S/c1-14-5-4-6-15(11-14)13-21(19,20)18-10-9-16-7-2-3-8-17(16)12-18/h2-12H,13H2,1H3. The first-order valence-electron chi connectivity index (χ1n) is 6.82. The van der Waals surface area contributed by atoms with Crippen LogP contribution in [0.4, 0.5) is 0 Å². The van der Waals surface area contributed by atoms with Crippen LogP contribution in [0.3, 0.4) is 0 Å². The lowest BCUT2D eigenvalue weighted by molar-refractivity contribution is 0.595. The normalized spacial score (nSPS) is 11.7. The van der Waals surface area contributed by atoms with E-state index in [1.807, 2.05) is 61.5 Å². The molecule has 0 aliphatic heterocycles. The third kappa shape index (κ3) is 2.98. The van der Waals surface area contributed by atoms with Crippen LogP contribution < -0.4 is 0 Å². The van der Waals surface area contributed by atoms with Gasteiger partial charge in [-0.15, -0.1) is 0 Å². The molecule has 0 saturated carbocycles.